The summed E-state index contributed by atoms with van der Waals surface area (Å²) >= 11 is 6.01. The first kappa shape index (κ1) is 30.6. The Balaban J connectivity index is 1.25. The van der Waals surface area contributed by atoms with Crippen LogP contribution in [-0.2, 0) is 29.2 Å². The predicted molar refractivity (Wildman–Crippen MR) is 180 cm³/mol. The summed E-state index contributed by atoms with van der Waals surface area (Å²) in [5.74, 6) is 0.317. The molecule has 2 aliphatic rings. The van der Waals surface area contributed by atoms with Crippen LogP contribution in [-0.4, -0.2) is 43.1 Å². The number of benzene rings is 4. The topological polar surface area (TPSA) is 99.9 Å². The van der Waals surface area contributed by atoms with Crippen molar-refractivity contribution < 1.29 is 14.3 Å². The van der Waals surface area contributed by atoms with E-state index in [1.165, 1.54) is 0 Å². The first-order chi connectivity index (χ1) is 21.9. The predicted octanol–water partition coefficient (Wildman–Crippen LogP) is 6.89. The Kier molecular flexibility index (Phi) is 9.64. The minimum atomic E-state index is -0.342. The summed E-state index contributed by atoms with van der Waals surface area (Å²) < 4.78 is 5.57. The number of nitrogens with zero attached hydrogens (tertiary/aromatic N) is 2. The van der Waals surface area contributed by atoms with E-state index in [-0.39, 0.29) is 17.9 Å². The van der Waals surface area contributed by atoms with Gasteiger partial charge in [-0.15, -0.1) is 0 Å². The Labute approximate surface area is 269 Å². The summed E-state index contributed by atoms with van der Waals surface area (Å²) in [5.41, 5.74) is 13.3. The number of ether oxygens (including phenoxy) is 1. The van der Waals surface area contributed by atoms with Crippen molar-refractivity contribution in [2.24, 2.45) is 11.7 Å². The summed E-state index contributed by atoms with van der Waals surface area (Å²) in [6.07, 6.45) is 1.91. The van der Waals surface area contributed by atoms with Crippen LogP contribution in [0.25, 0.3) is 11.1 Å². The standard InChI is InChI=1S/C36H38ClN5O3/c37-31-10-12-32(13-11-31)39-36(44)40-33-21-30(9-14-34(33)41-15-17-45-18-16-41)29-6-2-5-27(20-29)24-42(35(43)28-7-8-28)23-26-4-1-3-25(19-26)22-38/h1-6,9-14,19-21,28H,7-8,15-18,22-24,38H2,(H2,39,40,44). The van der Waals surface area contributed by atoms with E-state index >= 15 is 0 Å². The molecule has 0 radical (unpaired) electrons. The smallest absolute Gasteiger partial charge is 0.323 e. The maximum atomic E-state index is 13.3. The summed E-state index contributed by atoms with van der Waals surface area (Å²) in [5, 5.41) is 6.57. The highest BCUT2D eigenvalue weighted by Gasteiger charge is 2.33. The molecule has 9 heteroatoms. The Morgan fingerprint density at radius 1 is 0.822 bits per heavy atom. The number of nitrogens with two attached hydrogens (primary N) is 1. The van der Waals surface area contributed by atoms with Gasteiger partial charge in [0.1, 0.15) is 0 Å². The molecule has 4 aromatic rings. The van der Waals surface area contributed by atoms with Crippen molar-refractivity contribution in [2.45, 2.75) is 32.5 Å². The van der Waals surface area contributed by atoms with Gasteiger partial charge in [0.25, 0.3) is 0 Å². The molecule has 0 aromatic heterocycles. The van der Waals surface area contributed by atoms with E-state index in [9.17, 15) is 9.59 Å². The SMILES string of the molecule is NCc1cccc(CN(Cc2cccc(-c3ccc(N4CCOCC4)c(NC(=O)Nc4ccc(Cl)cc4)c3)c2)C(=O)C2CC2)c1. The number of carbonyl (C=O) groups is 2. The van der Waals surface area contributed by atoms with Gasteiger partial charge in [0.15, 0.2) is 0 Å². The van der Waals surface area contributed by atoms with Gasteiger partial charge in [-0.3, -0.25) is 4.79 Å². The van der Waals surface area contributed by atoms with Crippen molar-refractivity contribution in [2.75, 3.05) is 41.8 Å². The van der Waals surface area contributed by atoms with E-state index in [2.05, 4.69) is 58.0 Å². The summed E-state index contributed by atoms with van der Waals surface area (Å²) in [6, 6.07) is 29.2. The Morgan fingerprint density at radius 3 is 2.20 bits per heavy atom. The average Bonchev–Trinajstić information content (AvgIpc) is 3.92. The molecule has 8 nitrogen and oxygen atoms in total. The molecule has 1 aliphatic carbocycles. The zero-order valence-electron chi connectivity index (χ0n) is 25.2. The van der Waals surface area contributed by atoms with E-state index in [4.69, 9.17) is 22.1 Å². The lowest BCUT2D eigenvalue weighted by Crippen LogP contribution is -2.37. The number of hydrogen-bond acceptors (Lipinski definition) is 5. The highest BCUT2D eigenvalue weighted by molar-refractivity contribution is 6.30. The maximum Gasteiger partial charge on any atom is 0.323 e. The first-order valence-electron chi connectivity index (χ1n) is 15.4. The van der Waals surface area contributed by atoms with Gasteiger partial charge in [-0.05, 0) is 83.1 Å². The van der Waals surface area contributed by atoms with Crippen molar-refractivity contribution in [3.63, 3.8) is 0 Å². The lowest BCUT2D eigenvalue weighted by Gasteiger charge is -2.31. The second-order valence-corrected chi connectivity index (χ2v) is 12.0. The van der Waals surface area contributed by atoms with Crippen LogP contribution in [0.2, 0.25) is 5.02 Å². The number of halogens is 1. The van der Waals surface area contributed by atoms with Gasteiger partial charge < -0.3 is 30.9 Å². The van der Waals surface area contributed by atoms with Crippen LogP contribution in [0, 0.1) is 5.92 Å². The van der Waals surface area contributed by atoms with Crippen molar-refractivity contribution in [1.29, 1.82) is 0 Å². The number of hydrogen-bond donors (Lipinski definition) is 3. The van der Waals surface area contributed by atoms with E-state index in [0.29, 0.717) is 49.2 Å². The van der Waals surface area contributed by atoms with Crippen LogP contribution in [0.4, 0.5) is 21.9 Å². The van der Waals surface area contributed by atoms with Crippen molar-refractivity contribution in [3.05, 3.63) is 113 Å². The number of carbonyl (C=O) groups excluding carboxylic acids is 2. The summed E-state index contributed by atoms with van der Waals surface area (Å²) in [4.78, 5) is 30.6. The minimum Gasteiger partial charge on any atom is -0.378 e. The van der Waals surface area contributed by atoms with Gasteiger partial charge in [-0.2, -0.15) is 0 Å². The van der Waals surface area contributed by atoms with Gasteiger partial charge in [0, 0.05) is 49.4 Å². The van der Waals surface area contributed by atoms with Gasteiger partial charge in [0.05, 0.1) is 24.6 Å². The number of morpholine rings is 1. The lowest BCUT2D eigenvalue weighted by molar-refractivity contribution is -0.133. The lowest BCUT2D eigenvalue weighted by atomic mass is 10.0. The highest BCUT2D eigenvalue weighted by atomic mass is 35.5. The zero-order chi connectivity index (χ0) is 31.2. The first-order valence-corrected chi connectivity index (χ1v) is 15.8. The van der Waals surface area contributed by atoms with Crippen LogP contribution < -0.4 is 21.3 Å². The number of amides is 3. The normalized spacial score (nSPS) is 14.6. The molecular formula is C36H38ClN5O3. The Morgan fingerprint density at radius 2 is 1.49 bits per heavy atom. The zero-order valence-corrected chi connectivity index (χ0v) is 25.9. The number of nitrogens with one attached hydrogen (secondary N) is 2. The van der Waals surface area contributed by atoms with Crippen LogP contribution in [0.15, 0.2) is 91.0 Å². The fourth-order valence-corrected chi connectivity index (χ4v) is 5.78. The third-order valence-electron chi connectivity index (χ3n) is 8.17. The third-order valence-corrected chi connectivity index (χ3v) is 8.42. The van der Waals surface area contributed by atoms with Crippen LogP contribution in [0.5, 0.6) is 0 Å². The van der Waals surface area contributed by atoms with E-state index in [1.807, 2.05) is 29.2 Å². The molecule has 1 saturated heterocycles. The second-order valence-electron chi connectivity index (χ2n) is 11.6. The molecule has 1 aliphatic heterocycles. The van der Waals surface area contributed by atoms with E-state index in [1.54, 1.807) is 24.3 Å². The van der Waals surface area contributed by atoms with Crippen LogP contribution >= 0.6 is 11.6 Å². The molecule has 2 fully saturated rings. The number of anilines is 3. The molecule has 0 unspecified atom stereocenters. The van der Waals surface area contributed by atoms with Crippen molar-refractivity contribution in [1.82, 2.24) is 4.90 Å². The highest BCUT2D eigenvalue weighted by Crippen LogP contribution is 2.34. The van der Waals surface area contributed by atoms with Crippen molar-refractivity contribution >= 4 is 40.6 Å². The number of rotatable bonds is 10. The maximum absolute atomic E-state index is 13.3. The van der Waals surface area contributed by atoms with Gasteiger partial charge in [-0.25, -0.2) is 4.79 Å². The quantitative estimate of drug-likeness (QED) is 0.179. The molecule has 0 atom stereocenters. The molecule has 4 N–H and O–H groups in total. The fraction of sp³-hybridized carbons (Fsp3) is 0.278. The fourth-order valence-electron chi connectivity index (χ4n) is 5.66. The second kappa shape index (κ2) is 14.2. The molecule has 0 spiro atoms. The molecule has 3 amide bonds. The summed E-state index contributed by atoms with van der Waals surface area (Å²) in [6.45, 7) is 4.26. The van der Waals surface area contributed by atoms with Crippen LogP contribution in [0.3, 0.4) is 0 Å². The Hall–Kier alpha value is -4.37. The largest absolute Gasteiger partial charge is 0.378 e. The molecular weight excluding hydrogens is 586 g/mol. The van der Waals surface area contributed by atoms with Crippen LogP contribution in [0.1, 0.15) is 29.5 Å². The molecule has 1 heterocycles. The number of urea groups is 1. The molecule has 232 valence electrons. The third kappa shape index (κ3) is 8.02. The van der Waals surface area contributed by atoms with Gasteiger partial charge >= 0.3 is 6.03 Å². The molecule has 4 aromatic carbocycles. The minimum absolute atomic E-state index is 0.117. The van der Waals surface area contributed by atoms with E-state index < -0.39 is 0 Å². The van der Waals surface area contributed by atoms with E-state index in [0.717, 1.165) is 59.4 Å². The Bertz CT molecular complexity index is 1650. The van der Waals surface area contributed by atoms with Gasteiger partial charge in [0.2, 0.25) is 5.91 Å². The van der Waals surface area contributed by atoms with Crippen molar-refractivity contribution in [3.8, 4) is 11.1 Å². The molecule has 6 rings (SSSR count). The molecule has 0 bridgehead atoms. The average molecular weight is 624 g/mol. The summed E-state index contributed by atoms with van der Waals surface area (Å²) in [7, 11) is 0. The monoisotopic (exact) mass is 623 g/mol. The molecule has 45 heavy (non-hydrogen) atoms. The van der Waals surface area contributed by atoms with Gasteiger partial charge in [-0.1, -0.05) is 60.1 Å². The molecule has 1 saturated carbocycles.